The Hall–Kier alpha value is -2.27. The van der Waals surface area contributed by atoms with E-state index in [1.165, 1.54) is 18.2 Å². The maximum Gasteiger partial charge on any atom is 0.288 e. The predicted octanol–water partition coefficient (Wildman–Crippen LogP) is 3.63. The Bertz CT molecular complexity index is 664. The van der Waals surface area contributed by atoms with Crippen molar-refractivity contribution in [2.45, 2.75) is 12.5 Å². The molecule has 1 atom stereocenters. The molecular weight excluding hydrogens is 294 g/mol. The first kappa shape index (κ1) is 13.7. The highest BCUT2D eigenvalue weighted by molar-refractivity contribution is 6.32. The minimum absolute atomic E-state index is 0.0589. The lowest BCUT2D eigenvalue weighted by Gasteiger charge is -2.12. The van der Waals surface area contributed by atoms with E-state index in [2.05, 4.69) is 0 Å². The number of benzene rings is 2. The normalized spacial score (nSPS) is 16.1. The van der Waals surface area contributed by atoms with Crippen molar-refractivity contribution < 1.29 is 14.4 Å². The van der Waals surface area contributed by atoms with Crippen LogP contribution in [-0.4, -0.2) is 17.6 Å². The molecule has 0 N–H and O–H groups in total. The molecule has 1 heterocycles. The molecule has 0 spiro atoms. The fraction of sp³-hybridized carbons (Fsp3) is 0.200. The van der Waals surface area contributed by atoms with Crippen LogP contribution < -0.4 is 9.47 Å². The molecule has 5 nitrogen and oxygen atoms in total. The number of nitro groups is 1. The van der Waals surface area contributed by atoms with Gasteiger partial charge in [-0.3, -0.25) is 10.1 Å². The van der Waals surface area contributed by atoms with Gasteiger partial charge in [0.05, 0.1) is 4.92 Å². The molecule has 108 valence electrons. The summed E-state index contributed by atoms with van der Waals surface area (Å²) in [7, 11) is 0. The zero-order chi connectivity index (χ0) is 14.8. The molecule has 0 aromatic heterocycles. The van der Waals surface area contributed by atoms with Crippen molar-refractivity contribution in [2.24, 2.45) is 0 Å². The maximum absolute atomic E-state index is 10.7. The highest BCUT2D eigenvalue weighted by Gasteiger charge is 2.23. The second-order valence-corrected chi connectivity index (χ2v) is 5.14. The molecule has 0 fully saturated rings. The number of rotatable bonds is 4. The monoisotopic (exact) mass is 305 g/mol. The van der Waals surface area contributed by atoms with E-state index in [0.29, 0.717) is 12.4 Å². The van der Waals surface area contributed by atoms with E-state index in [1.807, 2.05) is 24.3 Å². The van der Waals surface area contributed by atoms with Gasteiger partial charge in [0, 0.05) is 18.6 Å². The van der Waals surface area contributed by atoms with Gasteiger partial charge in [-0.05, 0) is 17.7 Å². The number of halogens is 1. The molecule has 2 aromatic carbocycles. The van der Waals surface area contributed by atoms with Gasteiger partial charge >= 0.3 is 0 Å². The Kier molecular flexibility index (Phi) is 3.66. The van der Waals surface area contributed by atoms with Gasteiger partial charge in [0.2, 0.25) is 0 Å². The molecule has 21 heavy (non-hydrogen) atoms. The van der Waals surface area contributed by atoms with Crippen LogP contribution in [0.4, 0.5) is 5.69 Å². The van der Waals surface area contributed by atoms with E-state index in [1.54, 1.807) is 0 Å². The smallest absolute Gasteiger partial charge is 0.288 e. The number of fused-ring (bicyclic) bond motifs is 1. The van der Waals surface area contributed by atoms with Crippen LogP contribution in [0.25, 0.3) is 0 Å². The fourth-order valence-electron chi connectivity index (χ4n) is 2.26. The van der Waals surface area contributed by atoms with Crippen molar-refractivity contribution >= 4 is 17.3 Å². The van der Waals surface area contributed by atoms with E-state index in [0.717, 1.165) is 17.7 Å². The van der Waals surface area contributed by atoms with Crippen molar-refractivity contribution in [1.82, 2.24) is 0 Å². The maximum atomic E-state index is 10.7. The SMILES string of the molecule is O=[N+]([O-])c1ccc(OCC2Cc3ccccc3O2)cc1Cl. The average Bonchev–Trinajstić information content (AvgIpc) is 2.87. The van der Waals surface area contributed by atoms with Gasteiger partial charge in [0.1, 0.15) is 29.2 Å². The van der Waals surface area contributed by atoms with Crippen LogP contribution in [0.3, 0.4) is 0 Å². The van der Waals surface area contributed by atoms with Crippen molar-refractivity contribution in [2.75, 3.05) is 6.61 Å². The lowest BCUT2D eigenvalue weighted by molar-refractivity contribution is -0.384. The summed E-state index contributed by atoms with van der Waals surface area (Å²) in [6.45, 7) is 0.364. The van der Waals surface area contributed by atoms with Gasteiger partial charge < -0.3 is 9.47 Å². The highest BCUT2D eigenvalue weighted by Crippen LogP contribution is 2.30. The number of hydrogen-bond acceptors (Lipinski definition) is 4. The first-order valence-electron chi connectivity index (χ1n) is 6.45. The second kappa shape index (κ2) is 5.61. The van der Waals surface area contributed by atoms with Crippen molar-refractivity contribution in [3.05, 3.63) is 63.2 Å². The van der Waals surface area contributed by atoms with Crippen LogP contribution in [0.2, 0.25) is 5.02 Å². The largest absolute Gasteiger partial charge is 0.490 e. The van der Waals surface area contributed by atoms with E-state index in [4.69, 9.17) is 21.1 Å². The summed E-state index contributed by atoms with van der Waals surface area (Å²) in [5.74, 6) is 1.37. The Balaban J connectivity index is 1.62. The lowest BCUT2D eigenvalue weighted by Crippen LogP contribution is -2.22. The van der Waals surface area contributed by atoms with Gasteiger partial charge in [0.15, 0.2) is 0 Å². The highest BCUT2D eigenvalue weighted by atomic mass is 35.5. The number of nitrogens with zero attached hydrogens (tertiary/aromatic N) is 1. The summed E-state index contributed by atoms with van der Waals surface area (Å²) in [5.41, 5.74) is 1.03. The molecule has 0 amide bonds. The van der Waals surface area contributed by atoms with Gasteiger partial charge in [-0.2, -0.15) is 0 Å². The summed E-state index contributed by atoms with van der Waals surface area (Å²) in [5, 5.41) is 10.7. The third-order valence-electron chi connectivity index (χ3n) is 3.27. The van der Waals surface area contributed by atoms with Crippen LogP contribution in [-0.2, 0) is 6.42 Å². The summed E-state index contributed by atoms with van der Waals surface area (Å²) in [6.07, 6.45) is 0.730. The molecule has 0 aliphatic carbocycles. The second-order valence-electron chi connectivity index (χ2n) is 4.73. The van der Waals surface area contributed by atoms with Crippen molar-refractivity contribution in [3.63, 3.8) is 0 Å². The van der Waals surface area contributed by atoms with Crippen LogP contribution >= 0.6 is 11.6 Å². The zero-order valence-electron chi connectivity index (χ0n) is 11.0. The molecule has 1 aliphatic rings. The molecule has 0 bridgehead atoms. The van der Waals surface area contributed by atoms with E-state index >= 15 is 0 Å². The lowest BCUT2D eigenvalue weighted by atomic mass is 10.1. The Labute approximate surface area is 126 Å². The molecular formula is C15H12ClNO4. The summed E-state index contributed by atoms with van der Waals surface area (Å²) in [4.78, 5) is 10.2. The number of hydrogen-bond donors (Lipinski definition) is 0. The van der Waals surface area contributed by atoms with Gasteiger partial charge in [-0.25, -0.2) is 0 Å². The van der Waals surface area contributed by atoms with Gasteiger partial charge in [-0.15, -0.1) is 0 Å². The Morgan fingerprint density at radius 3 is 2.86 bits per heavy atom. The quantitative estimate of drug-likeness (QED) is 0.639. The molecule has 3 rings (SSSR count). The van der Waals surface area contributed by atoms with E-state index < -0.39 is 4.92 Å². The third-order valence-corrected chi connectivity index (χ3v) is 3.57. The summed E-state index contributed by atoms with van der Waals surface area (Å²) in [6, 6.07) is 12.2. The van der Waals surface area contributed by atoms with Gasteiger partial charge in [-0.1, -0.05) is 29.8 Å². The summed E-state index contributed by atoms with van der Waals surface area (Å²) < 4.78 is 11.4. The zero-order valence-corrected chi connectivity index (χ0v) is 11.7. The van der Waals surface area contributed by atoms with Gasteiger partial charge in [0.25, 0.3) is 5.69 Å². The molecule has 0 radical (unpaired) electrons. The number of para-hydroxylation sites is 1. The molecule has 0 saturated carbocycles. The van der Waals surface area contributed by atoms with Crippen molar-refractivity contribution in [1.29, 1.82) is 0 Å². The molecule has 6 heteroatoms. The first-order chi connectivity index (χ1) is 10.1. The summed E-state index contributed by atoms with van der Waals surface area (Å²) >= 11 is 5.84. The number of ether oxygens (including phenoxy) is 2. The topological polar surface area (TPSA) is 61.6 Å². The van der Waals surface area contributed by atoms with Crippen LogP contribution in [0.15, 0.2) is 42.5 Å². The molecule has 2 aromatic rings. The third kappa shape index (κ3) is 2.92. The van der Waals surface area contributed by atoms with Crippen LogP contribution in [0, 0.1) is 10.1 Å². The Morgan fingerprint density at radius 1 is 1.33 bits per heavy atom. The minimum Gasteiger partial charge on any atom is -0.490 e. The minimum atomic E-state index is -0.525. The van der Waals surface area contributed by atoms with Crippen LogP contribution in [0.5, 0.6) is 11.5 Å². The molecule has 1 aliphatic heterocycles. The van der Waals surface area contributed by atoms with Crippen molar-refractivity contribution in [3.8, 4) is 11.5 Å². The molecule has 0 saturated heterocycles. The first-order valence-corrected chi connectivity index (χ1v) is 6.82. The Morgan fingerprint density at radius 2 is 2.14 bits per heavy atom. The predicted molar refractivity (Wildman–Crippen MR) is 78.2 cm³/mol. The average molecular weight is 306 g/mol. The number of nitro benzene ring substituents is 1. The standard InChI is InChI=1S/C15H12ClNO4/c16-13-8-11(5-6-14(13)17(18)19)20-9-12-7-10-3-1-2-4-15(10)21-12/h1-6,8,12H,7,9H2. The van der Waals surface area contributed by atoms with E-state index in [-0.39, 0.29) is 16.8 Å². The van der Waals surface area contributed by atoms with Crippen LogP contribution in [0.1, 0.15) is 5.56 Å². The van der Waals surface area contributed by atoms with E-state index in [9.17, 15) is 10.1 Å². The molecule has 1 unspecified atom stereocenters. The fourth-order valence-corrected chi connectivity index (χ4v) is 2.50.